The van der Waals surface area contributed by atoms with Crippen LogP contribution >= 0.6 is 0 Å². The van der Waals surface area contributed by atoms with Crippen molar-refractivity contribution in [3.8, 4) is 0 Å². The van der Waals surface area contributed by atoms with E-state index in [2.05, 4.69) is 0 Å². The topological polar surface area (TPSA) is 172 Å². The number of ether oxygens (including phenoxy) is 9. The normalized spacial score (nSPS) is 27.7. The third kappa shape index (κ3) is 12.2. The summed E-state index contributed by atoms with van der Waals surface area (Å²) in [5, 5.41) is 9.71. The van der Waals surface area contributed by atoms with Crippen LogP contribution in [0.4, 0.5) is 0 Å². The van der Waals surface area contributed by atoms with E-state index in [1.807, 2.05) is 91.0 Å². The van der Waals surface area contributed by atoms with E-state index in [-0.39, 0.29) is 19.8 Å². The first-order valence-corrected chi connectivity index (χ1v) is 19.6. The molecule has 0 spiro atoms. The third-order valence-electron chi connectivity index (χ3n) is 8.56. The van der Waals surface area contributed by atoms with Crippen LogP contribution in [0.5, 0.6) is 0 Å². The van der Waals surface area contributed by atoms with Gasteiger partial charge in [-0.15, -0.1) is 0 Å². The number of hydrogen-bond donors (Lipinski definition) is 1. The van der Waals surface area contributed by atoms with Crippen molar-refractivity contribution in [1.29, 1.82) is 0 Å². The molecule has 55 heavy (non-hydrogen) atoms. The molecule has 10 atom stereocenters. The van der Waals surface area contributed by atoms with E-state index in [1.54, 1.807) is 0 Å². The number of carbonyl (C=O) groups excluding carboxylic acids is 4. The van der Waals surface area contributed by atoms with Crippen molar-refractivity contribution in [3.63, 3.8) is 0 Å². The van der Waals surface area contributed by atoms with Gasteiger partial charge in [0.2, 0.25) is 0 Å². The molecule has 0 aromatic heterocycles. The monoisotopic (exact) mass is 830 g/mol. The van der Waals surface area contributed by atoms with Crippen molar-refractivity contribution >= 4 is 43.3 Å². The van der Waals surface area contributed by atoms with Gasteiger partial charge in [0.25, 0.3) is 0 Å². The summed E-state index contributed by atoms with van der Waals surface area (Å²) in [6.07, 6.45) is -10.4. The Morgan fingerprint density at radius 1 is 0.545 bits per heavy atom. The molecule has 2 fully saturated rings. The van der Waals surface area contributed by atoms with E-state index >= 15 is 0 Å². The maximum atomic E-state index is 12.6. The molecule has 0 aliphatic carbocycles. The first-order valence-electron chi connectivity index (χ1n) is 17.8. The number of hydrogen-bond acceptors (Lipinski definition) is 14. The first-order chi connectivity index (χ1) is 26.5. The van der Waals surface area contributed by atoms with Crippen molar-refractivity contribution in [1.82, 2.24) is 0 Å². The number of benzene rings is 3. The Morgan fingerprint density at radius 3 is 1.47 bits per heavy atom. The average molecular weight is 830 g/mol. The summed E-state index contributed by atoms with van der Waals surface area (Å²) >= 11 is -0.476. The predicted octanol–water partition coefficient (Wildman–Crippen LogP) is 2.37. The second-order valence-corrected chi connectivity index (χ2v) is 15.3. The fraction of sp³-hybridized carbons (Fsp3) is 0.450. The summed E-state index contributed by atoms with van der Waals surface area (Å²) in [4.78, 5) is 50.0. The number of esters is 4. The summed E-state index contributed by atoms with van der Waals surface area (Å²) in [6, 6.07) is 28.0. The van der Waals surface area contributed by atoms with E-state index in [0.717, 1.165) is 15.6 Å². The number of aliphatic hydroxyl groups is 1. The molecule has 15 heteroatoms. The van der Waals surface area contributed by atoms with Gasteiger partial charge in [0.05, 0.1) is 0 Å². The van der Waals surface area contributed by atoms with Crippen LogP contribution in [0.25, 0.3) is 0 Å². The Balaban J connectivity index is 1.47. The second-order valence-electron chi connectivity index (χ2n) is 12.9. The zero-order valence-corrected chi connectivity index (χ0v) is 32.6. The van der Waals surface area contributed by atoms with Crippen molar-refractivity contribution in [3.05, 3.63) is 102 Å². The second kappa shape index (κ2) is 20.7. The van der Waals surface area contributed by atoms with Gasteiger partial charge < -0.3 is 0 Å². The Labute approximate surface area is 325 Å². The van der Waals surface area contributed by atoms with Crippen molar-refractivity contribution in [2.45, 2.75) is 101 Å². The average Bonchev–Trinajstić information content (AvgIpc) is 3.15. The van der Waals surface area contributed by atoms with Crippen molar-refractivity contribution in [2.24, 2.45) is 0 Å². The summed E-state index contributed by atoms with van der Waals surface area (Å²) in [6.45, 7) is 4.18. The van der Waals surface area contributed by atoms with E-state index in [9.17, 15) is 24.3 Å². The molecule has 3 aromatic rings. The summed E-state index contributed by atoms with van der Waals surface area (Å²) < 4.78 is 55.7. The van der Waals surface area contributed by atoms with E-state index in [4.69, 9.17) is 42.6 Å². The minimum atomic E-state index is -1.41. The molecule has 0 radical (unpaired) electrons. The Hall–Kier alpha value is -4.18. The molecule has 2 heterocycles. The molecule has 2 aliphatic heterocycles. The molecule has 1 N–H and O–H groups in total. The van der Waals surface area contributed by atoms with Gasteiger partial charge in [0, 0.05) is 0 Å². The molecule has 0 bridgehead atoms. The van der Waals surface area contributed by atoms with Gasteiger partial charge in [-0.2, -0.15) is 0 Å². The number of aliphatic hydroxyl groups excluding tert-OH is 1. The van der Waals surface area contributed by atoms with Crippen LogP contribution in [0.3, 0.4) is 0 Å². The van der Waals surface area contributed by atoms with E-state index in [1.165, 1.54) is 27.7 Å². The van der Waals surface area contributed by atoms with Gasteiger partial charge in [0.1, 0.15) is 0 Å². The van der Waals surface area contributed by atoms with Gasteiger partial charge in [-0.05, 0) is 0 Å². The van der Waals surface area contributed by atoms with E-state index in [0.29, 0.717) is 0 Å². The first kappa shape index (κ1) is 42.0. The molecule has 296 valence electrons. The van der Waals surface area contributed by atoms with Crippen molar-refractivity contribution in [2.75, 3.05) is 13.2 Å². The summed E-state index contributed by atoms with van der Waals surface area (Å²) in [7, 11) is 0. The van der Waals surface area contributed by atoms with Gasteiger partial charge in [-0.3, -0.25) is 0 Å². The molecule has 0 unspecified atom stereocenters. The molecule has 2 aliphatic rings. The van der Waals surface area contributed by atoms with Crippen LogP contribution in [-0.2, 0) is 75.0 Å². The minimum absolute atomic E-state index is 0.0714. The van der Waals surface area contributed by atoms with Crippen LogP contribution in [-0.4, -0.2) is 117 Å². The van der Waals surface area contributed by atoms with Gasteiger partial charge in [-0.25, -0.2) is 0 Å². The zero-order valence-electron chi connectivity index (χ0n) is 30.9. The van der Waals surface area contributed by atoms with Crippen LogP contribution < -0.4 is 4.46 Å². The molecule has 0 saturated carbocycles. The fourth-order valence-electron chi connectivity index (χ4n) is 6.31. The number of carbonyl (C=O) groups is 4. The maximum absolute atomic E-state index is 12.6. The molecule has 14 nitrogen and oxygen atoms in total. The van der Waals surface area contributed by atoms with E-state index < -0.39 is 106 Å². The van der Waals surface area contributed by atoms with Crippen LogP contribution in [0, 0.1) is 0 Å². The fourth-order valence-corrected chi connectivity index (χ4v) is 8.67. The Morgan fingerprint density at radius 2 is 0.982 bits per heavy atom. The molecule has 2 saturated heterocycles. The Kier molecular flexibility index (Phi) is 15.8. The Bertz CT molecular complexity index is 1680. The summed E-state index contributed by atoms with van der Waals surface area (Å²) in [5.41, 5.74) is 1.62. The van der Waals surface area contributed by atoms with Gasteiger partial charge >= 0.3 is 296 Å². The van der Waals surface area contributed by atoms with Gasteiger partial charge in [0.15, 0.2) is 0 Å². The summed E-state index contributed by atoms with van der Waals surface area (Å²) in [5.74, 6) is -2.65. The molecular formula is C40H46O14Se. The number of rotatable bonds is 16. The van der Waals surface area contributed by atoms with Crippen LogP contribution in [0.1, 0.15) is 38.8 Å². The van der Waals surface area contributed by atoms with Crippen LogP contribution in [0.15, 0.2) is 91.0 Å². The van der Waals surface area contributed by atoms with Gasteiger partial charge in [-0.1, -0.05) is 30.3 Å². The standard InChI is InChI=1S/C40H46O14Se/c1-24(42)49-35-33(46-21-28-14-8-5-9-15-28)31(20-41)53-39(37(35)51-26(3)44)48-23-32-34(47-22-29-16-10-6-11-17-29)36(50-25(2)43)38(52-27(4)45)40(54-32)55-30-18-12-7-13-19-30/h5-19,31-41H,20-23H2,1-4H3/t31-,32-,33-,34-,35+,36+,37-,38-,39-,40+/m1/s1. The molecule has 5 rings (SSSR count). The molecular weight excluding hydrogens is 783 g/mol. The third-order valence-corrected chi connectivity index (χ3v) is 11.0. The predicted molar refractivity (Wildman–Crippen MR) is 194 cm³/mol. The van der Waals surface area contributed by atoms with Crippen LogP contribution in [0.2, 0.25) is 0 Å². The quantitative estimate of drug-likeness (QED) is 0.127. The SMILES string of the molecule is CC(=O)O[C@@H]1[C@@H](OC(C)=O)[C@H]([Se]c2ccccc2)O[C@H](CO[C@@H]2O[C@H](CO)[C@@H](OCc3ccccc3)[C@H](OC(C)=O)[C@H]2OC(C)=O)[C@H]1OCc1ccccc1. The van der Waals surface area contributed by atoms with Crippen molar-refractivity contribution < 1.29 is 66.9 Å². The molecule has 0 amide bonds. The molecule has 3 aromatic carbocycles. The zero-order chi connectivity index (χ0) is 39.3.